The summed E-state index contributed by atoms with van der Waals surface area (Å²) < 4.78 is 0. The smallest absolute Gasteiger partial charge is 0.234 e. The fraction of sp³-hybridized carbons (Fsp3) is 0.462. The summed E-state index contributed by atoms with van der Waals surface area (Å²) >= 11 is 0. The standard InChI is InChI=1S/C26H31N3O2/c1-18-7-8-19(2)22(13-18)15-28-16-23-24(17-28)26(31)29(25(23)30)12-11-27-10-9-20-5-3-4-6-21(20)14-27/h3-8,13,23-24H,9-12,14-17H2,1-2H3/t23-,24+. The summed E-state index contributed by atoms with van der Waals surface area (Å²) in [5.74, 6) is -0.258. The lowest BCUT2D eigenvalue weighted by Gasteiger charge is -2.30. The van der Waals surface area contributed by atoms with Gasteiger partial charge in [-0.05, 0) is 42.5 Å². The number of hydrogen-bond donors (Lipinski definition) is 0. The lowest BCUT2D eigenvalue weighted by atomic mass is 10.00. The van der Waals surface area contributed by atoms with E-state index in [9.17, 15) is 9.59 Å². The Balaban J connectivity index is 1.18. The van der Waals surface area contributed by atoms with Crippen molar-refractivity contribution < 1.29 is 9.59 Å². The van der Waals surface area contributed by atoms with Gasteiger partial charge in [-0.25, -0.2) is 0 Å². The lowest BCUT2D eigenvalue weighted by molar-refractivity contribution is -0.140. The van der Waals surface area contributed by atoms with Crippen molar-refractivity contribution in [2.75, 3.05) is 32.7 Å². The quantitative estimate of drug-likeness (QED) is 0.702. The van der Waals surface area contributed by atoms with Gasteiger partial charge in [-0.15, -0.1) is 0 Å². The molecule has 5 nitrogen and oxygen atoms in total. The van der Waals surface area contributed by atoms with Crippen LogP contribution in [0.3, 0.4) is 0 Å². The monoisotopic (exact) mass is 417 g/mol. The van der Waals surface area contributed by atoms with E-state index in [-0.39, 0.29) is 23.7 Å². The number of carbonyl (C=O) groups excluding carboxylic acids is 2. The van der Waals surface area contributed by atoms with Crippen LogP contribution in [0.15, 0.2) is 42.5 Å². The summed E-state index contributed by atoms with van der Waals surface area (Å²) in [6, 6.07) is 15.1. The number of hydrogen-bond acceptors (Lipinski definition) is 4. The zero-order valence-electron chi connectivity index (χ0n) is 18.5. The van der Waals surface area contributed by atoms with E-state index in [4.69, 9.17) is 0 Å². The molecule has 2 atom stereocenters. The highest BCUT2D eigenvalue weighted by Gasteiger charge is 2.52. The van der Waals surface area contributed by atoms with Crippen LogP contribution >= 0.6 is 0 Å². The molecule has 3 aliphatic heterocycles. The molecular formula is C26H31N3O2. The van der Waals surface area contributed by atoms with Gasteiger partial charge in [-0.2, -0.15) is 0 Å². The summed E-state index contributed by atoms with van der Waals surface area (Å²) in [5, 5.41) is 0. The first-order chi connectivity index (χ1) is 15.0. The highest BCUT2D eigenvalue weighted by atomic mass is 16.2. The second-order valence-electron chi connectivity index (χ2n) is 9.46. The van der Waals surface area contributed by atoms with Crippen LogP contribution in [0.25, 0.3) is 0 Å². The Bertz CT molecular complexity index is 993. The molecule has 2 aromatic rings. The molecular weight excluding hydrogens is 386 g/mol. The van der Waals surface area contributed by atoms with Gasteiger partial charge in [0.15, 0.2) is 0 Å². The van der Waals surface area contributed by atoms with Crippen LogP contribution in [-0.4, -0.2) is 59.2 Å². The Hall–Kier alpha value is -2.50. The molecule has 0 bridgehead atoms. The second-order valence-corrected chi connectivity index (χ2v) is 9.46. The second kappa shape index (κ2) is 8.21. The van der Waals surface area contributed by atoms with Gasteiger partial charge in [0.1, 0.15) is 0 Å². The van der Waals surface area contributed by atoms with Crippen molar-refractivity contribution in [3.8, 4) is 0 Å². The normalized spacial score (nSPS) is 24.0. The maximum atomic E-state index is 13.0. The van der Waals surface area contributed by atoms with E-state index in [1.165, 1.54) is 27.8 Å². The summed E-state index contributed by atoms with van der Waals surface area (Å²) in [4.78, 5) is 32.3. The minimum absolute atomic E-state index is 0.0378. The van der Waals surface area contributed by atoms with Crippen LogP contribution < -0.4 is 0 Å². The number of nitrogens with zero attached hydrogens (tertiary/aromatic N) is 3. The fourth-order valence-electron chi connectivity index (χ4n) is 5.44. The molecule has 5 rings (SSSR count). The number of amides is 2. The highest BCUT2D eigenvalue weighted by Crippen LogP contribution is 2.34. The summed E-state index contributed by atoms with van der Waals surface area (Å²) in [7, 11) is 0. The Labute approximate surface area is 184 Å². The van der Waals surface area contributed by atoms with E-state index in [1.807, 2.05) is 0 Å². The van der Waals surface area contributed by atoms with Gasteiger partial charge in [0.05, 0.1) is 11.8 Å². The van der Waals surface area contributed by atoms with Crippen LogP contribution in [0.4, 0.5) is 0 Å². The van der Waals surface area contributed by atoms with Gasteiger partial charge in [0, 0.05) is 45.8 Å². The summed E-state index contributed by atoms with van der Waals surface area (Å²) in [6.07, 6.45) is 1.04. The van der Waals surface area contributed by atoms with Gasteiger partial charge >= 0.3 is 0 Å². The molecule has 2 aromatic carbocycles. The van der Waals surface area contributed by atoms with E-state index in [0.717, 1.165) is 32.6 Å². The number of aryl methyl sites for hydroxylation is 2. The summed E-state index contributed by atoms with van der Waals surface area (Å²) in [6.45, 7) is 9.60. The van der Waals surface area contributed by atoms with E-state index in [1.54, 1.807) is 4.90 Å². The molecule has 0 unspecified atom stereocenters. The maximum Gasteiger partial charge on any atom is 0.234 e. The average molecular weight is 418 g/mol. The van der Waals surface area contributed by atoms with Crippen LogP contribution in [0.1, 0.15) is 27.8 Å². The third-order valence-electron chi connectivity index (χ3n) is 7.31. The number of benzene rings is 2. The number of carbonyl (C=O) groups is 2. The molecule has 0 N–H and O–H groups in total. The van der Waals surface area contributed by atoms with Crippen molar-refractivity contribution in [1.29, 1.82) is 0 Å². The predicted octanol–water partition coefficient (Wildman–Crippen LogP) is 2.78. The maximum absolute atomic E-state index is 13.0. The van der Waals surface area contributed by atoms with Gasteiger partial charge in [0.25, 0.3) is 0 Å². The first-order valence-corrected chi connectivity index (χ1v) is 11.4. The molecule has 0 spiro atoms. The lowest BCUT2D eigenvalue weighted by Crippen LogP contribution is -2.42. The van der Waals surface area contributed by atoms with E-state index >= 15 is 0 Å². The Kier molecular flexibility index (Phi) is 5.40. The minimum Gasteiger partial charge on any atom is -0.297 e. The molecule has 0 saturated carbocycles. The van der Waals surface area contributed by atoms with Crippen molar-refractivity contribution >= 4 is 11.8 Å². The van der Waals surface area contributed by atoms with Crippen molar-refractivity contribution in [2.45, 2.75) is 33.4 Å². The van der Waals surface area contributed by atoms with Gasteiger partial charge in [-0.1, -0.05) is 48.0 Å². The fourth-order valence-corrected chi connectivity index (χ4v) is 5.44. The van der Waals surface area contributed by atoms with E-state index in [2.05, 4.69) is 66.1 Å². The zero-order valence-corrected chi connectivity index (χ0v) is 18.5. The molecule has 3 aliphatic rings. The zero-order chi connectivity index (χ0) is 21.5. The molecule has 2 amide bonds. The predicted molar refractivity (Wildman–Crippen MR) is 120 cm³/mol. The van der Waals surface area contributed by atoms with Crippen molar-refractivity contribution in [3.63, 3.8) is 0 Å². The Morgan fingerprint density at radius 3 is 2.32 bits per heavy atom. The van der Waals surface area contributed by atoms with Crippen LogP contribution in [0, 0.1) is 25.7 Å². The molecule has 0 radical (unpaired) electrons. The first-order valence-electron chi connectivity index (χ1n) is 11.4. The molecule has 31 heavy (non-hydrogen) atoms. The molecule has 2 saturated heterocycles. The molecule has 162 valence electrons. The Morgan fingerprint density at radius 2 is 1.58 bits per heavy atom. The molecule has 2 fully saturated rings. The van der Waals surface area contributed by atoms with E-state index < -0.39 is 0 Å². The van der Waals surface area contributed by atoms with Gasteiger partial charge in [-0.3, -0.25) is 24.3 Å². The Morgan fingerprint density at radius 1 is 0.871 bits per heavy atom. The third-order valence-corrected chi connectivity index (χ3v) is 7.31. The highest BCUT2D eigenvalue weighted by molar-refractivity contribution is 6.05. The summed E-state index contributed by atoms with van der Waals surface area (Å²) in [5.41, 5.74) is 6.60. The van der Waals surface area contributed by atoms with Gasteiger partial charge < -0.3 is 0 Å². The molecule has 3 heterocycles. The SMILES string of the molecule is Cc1ccc(C)c(CN2C[C@@H]3C(=O)N(CCN4CCc5ccccc5C4)C(=O)[C@@H]3C2)c1. The van der Waals surface area contributed by atoms with Crippen LogP contribution in [0.2, 0.25) is 0 Å². The van der Waals surface area contributed by atoms with Crippen molar-refractivity contribution in [1.82, 2.24) is 14.7 Å². The minimum atomic E-state index is -0.167. The number of likely N-dealkylation sites (tertiary alicyclic amines) is 2. The van der Waals surface area contributed by atoms with Crippen LogP contribution in [0.5, 0.6) is 0 Å². The molecule has 0 aromatic heterocycles. The van der Waals surface area contributed by atoms with Crippen molar-refractivity contribution in [2.24, 2.45) is 11.8 Å². The van der Waals surface area contributed by atoms with Crippen molar-refractivity contribution in [3.05, 3.63) is 70.3 Å². The van der Waals surface area contributed by atoms with Crippen LogP contribution in [-0.2, 0) is 29.1 Å². The number of imide groups is 1. The largest absolute Gasteiger partial charge is 0.297 e. The molecule has 5 heteroatoms. The number of fused-ring (bicyclic) bond motifs is 2. The third kappa shape index (κ3) is 3.92. The first kappa shape index (κ1) is 20.4. The number of rotatable bonds is 5. The van der Waals surface area contributed by atoms with E-state index in [0.29, 0.717) is 19.6 Å². The topological polar surface area (TPSA) is 43.9 Å². The van der Waals surface area contributed by atoms with Gasteiger partial charge in [0.2, 0.25) is 11.8 Å². The molecule has 0 aliphatic carbocycles. The average Bonchev–Trinajstić information content (AvgIpc) is 3.28.